The van der Waals surface area contributed by atoms with Crippen molar-refractivity contribution in [3.05, 3.63) is 128 Å². The van der Waals surface area contributed by atoms with Gasteiger partial charge in [0, 0.05) is 84.3 Å². The first-order valence-electron chi connectivity index (χ1n) is 19.4. The largest absolute Gasteiger partial charge is 0.345 e. The molecule has 2 saturated heterocycles. The van der Waals surface area contributed by atoms with E-state index < -0.39 is 20.0 Å². The smallest absolute Gasteiger partial charge is 0.243 e. The summed E-state index contributed by atoms with van der Waals surface area (Å²) in [5.74, 6) is 0. The van der Waals surface area contributed by atoms with Crippen LogP contribution in [0.1, 0.15) is 30.0 Å². The van der Waals surface area contributed by atoms with E-state index in [0.717, 1.165) is 40.1 Å². The molecule has 0 radical (unpaired) electrons. The van der Waals surface area contributed by atoms with Gasteiger partial charge in [0.2, 0.25) is 20.0 Å². The van der Waals surface area contributed by atoms with Crippen LogP contribution >= 0.6 is 45.9 Å². The van der Waals surface area contributed by atoms with Gasteiger partial charge >= 0.3 is 0 Å². The third kappa shape index (κ3) is 10.0. The van der Waals surface area contributed by atoms with Crippen LogP contribution in [-0.2, 0) is 26.5 Å². The molecule has 0 unspecified atom stereocenters. The van der Waals surface area contributed by atoms with Crippen LogP contribution in [0.15, 0.2) is 112 Å². The van der Waals surface area contributed by atoms with Gasteiger partial charge in [-0.1, -0.05) is 79.0 Å². The van der Waals surface area contributed by atoms with E-state index in [1.165, 1.54) is 30.9 Å². The number of rotatable bonds is 10. The molecule has 16 heteroatoms. The molecule has 4 heterocycles. The summed E-state index contributed by atoms with van der Waals surface area (Å²) in [4.78, 5) is 14.5. The van der Waals surface area contributed by atoms with Crippen molar-refractivity contribution in [2.45, 2.75) is 43.4 Å². The number of anilines is 2. The molecule has 10 nitrogen and oxygen atoms in total. The van der Waals surface area contributed by atoms with Crippen molar-refractivity contribution in [3.8, 4) is 22.5 Å². The summed E-state index contributed by atoms with van der Waals surface area (Å²) >= 11 is 15.0. The quantitative estimate of drug-likeness (QED) is 0.134. The number of hydrogen-bond acceptors (Lipinski definition) is 10. The molecule has 6 aromatic rings. The Balaban J connectivity index is 0.000000179. The zero-order chi connectivity index (χ0) is 41.7. The highest BCUT2D eigenvalue weighted by molar-refractivity contribution is 7.89. The minimum Gasteiger partial charge on any atom is -0.345 e. The number of thiazole rings is 2. The number of nitrogens with zero attached hydrogens (tertiary/aromatic N) is 6. The molecule has 0 aliphatic carbocycles. The highest BCUT2D eigenvalue weighted by Gasteiger charge is 2.31. The number of piperazine rings is 2. The van der Waals surface area contributed by atoms with Gasteiger partial charge in [0.15, 0.2) is 10.3 Å². The molecule has 2 aliphatic rings. The summed E-state index contributed by atoms with van der Waals surface area (Å²) in [5, 5.41) is 7.08. The number of aromatic nitrogens is 2. The maximum Gasteiger partial charge on any atom is 0.243 e. The summed E-state index contributed by atoms with van der Waals surface area (Å²) in [6, 6.07) is 27.5. The fraction of sp³-hybridized carbons (Fsp3) is 0.302. The zero-order valence-electron chi connectivity index (χ0n) is 33.1. The Hall–Kier alpha value is -3.86. The summed E-state index contributed by atoms with van der Waals surface area (Å²) < 4.78 is 54.5. The topological polar surface area (TPSA) is 107 Å². The Morgan fingerprint density at radius 2 is 1.00 bits per heavy atom. The second-order valence-corrected chi connectivity index (χ2v) is 20.9. The van der Waals surface area contributed by atoms with Gasteiger partial charge in [0.25, 0.3) is 0 Å². The number of sulfonamides is 2. The van der Waals surface area contributed by atoms with Gasteiger partial charge in [-0.2, -0.15) is 8.61 Å². The molecule has 59 heavy (non-hydrogen) atoms. The number of hydrogen-bond donors (Lipinski definition) is 0. The van der Waals surface area contributed by atoms with Crippen LogP contribution in [0.5, 0.6) is 0 Å². The third-order valence-electron chi connectivity index (χ3n) is 10.4. The van der Waals surface area contributed by atoms with E-state index in [-0.39, 0.29) is 9.79 Å². The van der Waals surface area contributed by atoms with Crippen molar-refractivity contribution in [1.82, 2.24) is 18.6 Å². The van der Waals surface area contributed by atoms with Crippen LogP contribution in [0.4, 0.5) is 10.3 Å². The summed E-state index contributed by atoms with van der Waals surface area (Å²) in [7, 11) is -7.00. The van der Waals surface area contributed by atoms with Crippen LogP contribution < -0.4 is 9.80 Å². The number of halogens is 2. The standard InChI is InChI=1S/C22H24ClN3O2S2.C21H22ClN3O2S2/c1-2-3-17-4-6-18(7-5-17)21-16-29-22(24-21)25-12-14-26(15-13-25)30(27,28)20-10-8-19(23)9-11-20;1-15-4-3-5-16(2)20(15)19-14-28-21(23-19)24-10-12-25(13-11-24)29(26,27)18-8-6-17(22)7-9-18/h4-11,16H,2-3,12-15H2,1H3;3-9,14H,10-13H2,1-2H3. The molecule has 0 N–H and O–H groups in total. The van der Waals surface area contributed by atoms with E-state index in [0.29, 0.717) is 62.4 Å². The van der Waals surface area contributed by atoms with Crippen molar-refractivity contribution >= 4 is 76.2 Å². The number of benzene rings is 4. The van der Waals surface area contributed by atoms with Gasteiger partial charge in [-0.05, 0) is 85.5 Å². The van der Waals surface area contributed by atoms with E-state index in [1.807, 2.05) is 0 Å². The van der Waals surface area contributed by atoms with Crippen molar-refractivity contribution in [3.63, 3.8) is 0 Å². The molecule has 0 amide bonds. The second kappa shape index (κ2) is 18.8. The zero-order valence-corrected chi connectivity index (χ0v) is 37.9. The van der Waals surface area contributed by atoms with Crippen molar-refractivity contribution < 1.29 is 16.8 Å². The van der Waals surface area contributed by atoms with Crippen LogP contribution in [-0.4, -0.2) is 87.8 Å². The van der Waals surface area contributed by atoms with Gasteiger partial charge < -0.3 is 9.80 Å². The third-order valence-corrected chi connectivity index (χ3v) is 16.6. The molecular weight excluding hydrogens is 864 g/mol. The van der Waals surface area contributed by atoms with Crippen molar-refractivity contribution in [2.75, 3.05) is 62.2 Å². The predicted molar refractivity (Wildman–Crippen MR) is 243 cm³/mol. The molecule has 2 aliphatic heterocycles. The van der Waals surface area contributed by atoms with Gasteiger partial charge in [-0.15, -0.1) is 22.7 Å². The normalized spacial score (nSPS) is 15.5. The molecule has 0 bridgehead atoms. The van der Waals surface area contributed by atoms with Gasteiger partial charge in [-0.25, -0.2) is 26.8 Å². The minimum absolute atomic E-state index is 0.280. The second-order valence-electron chi connectivity index (χ2n) is 14.4. The Bertz CT molecular complexity index is 2550. The first-order chi connectivity index (χ1) is 28.3. The van der Waals surface area contributed by atoms with E-state index >= 15 is 0 Å². The van der Waals surface area contributed by atoms with E-state index in [2.05, 4.69) is 83.8 Å². The van der Waals surface area contributed by atoms with Gasteiger partial charge in [-0.3, -0.25) is 0 Å². The molecule has 2 aromatic heterocycles. The van der Waals surface area contributed by atoms with E-state index in [4.69, 9.17) is 33.2 Å². The van der Waals surface area contributed by atoms with E-state index in [9.17, 15) is 16.8 Å². The van der Waals surface area contributed by atoms with Crippen molar-refractivity contribution in [1.29, 1.82) is 0 Å². The highest BCUT2D eigenvalue weighted by Crippen LogP contribution is 2.33. The van der Waals surface area contributed by atoms with Crippen molar-refractivity contribution in [2.24, 2.45) is 0 Å². The van der Waals surface area contributed by atoms with Crippen LogP contribution in [0.2, 0.25) is 10.0 Å². The first-order valence-corrected chi connectivity index (χ1v) is 24.8. The lowest BCUT2D eigenvalue weighted by atomic mass is 10.0. The monoisotopic (exact) mass is 908 g/mol. The molecule has 0 atom stereocenters. The Kier molecular flexibility index (Phi) is 13.8. The maximum absolute atomic E-state index is 12.9. The molecule has 4 aromatic carbocycles. The summed E-state index contributed by atoms with van der Waals surface area (Å²) in [5.41, 5.74) is 8.00. The van der Waals surface area contributed by atoms with Crippen LogP contribution in [0.25, 0.3) is 22.5 Å². The Labute approximate surface area is 365 Å². The first kappa shape index (κ1) is 43.2. The van der Waals surface area contributed by atoms with Gasteiger partial charge in [0.1, 0.15) is 0 Å². The minimum atomic E-state index is -3.50. The van der Waals surface area contributed by atoms with Crippen LogP contribution in [0.3, 0.4) is 0 Å². The predicted octanol–water partition coefficient (Wildman–Crippen LogP) is 9.52. The molecule has 0 spiro atoms. The van der Waals surface area contributed by atoms with E-state index in [1.54, 1.807) is 71.2 Å². The molecule has 310 valence electrons. The average molecular weight is 910 g/mol. The number of aryl methyl sites for hydroxylation is 3. The highest BCUT2D eigenvalue weighted by atomic mass is 35.5. The van der Waals surface area contributed by atoms with Gasteiger partial charge in [0.05, 0.1) is 21.2 Å². The molecule has 0 saturated carbocycles. The molecule has 8 rings (SSSR count). The Morgan fingerprint density at radius 3 is 1.44 bits per heavy atom. The fourth-order valence-corrected chi connectivity index (χ4v) is 12.0. The fourth-order valence-electron chi connectivity index (χ4n) is 7.17. The summed E-state index contributed by atoms with van der Waals surface area (Å²) in [6.45, 7) is 10.6. The Morgan fingerprint density at radius 1 is 0.576 bits per heavy atom. The lowest BCUT2D eigenvalue weighted by molar-refractivity contribution is 0.384. The average Bonchev–Trinajstić information content (AvgIpc) is 3.94. The molecule has 2 fully saturated rings. The lowest BCUT2D eigenvalue weighted by Crippen LogP contribution is -2.48. The van der Waals surface area contributed by atoms with Crippen LogP contribution in [0, 0.1) is 13.8 Å². The maximum atomic E-state index is 12.9. The molecular formula is C43H46Cl2N6O4S4. The SMILES string of the molecule is CCCc1ccc(-c2csc(N3CCN(S(=O)(=O)c4ccc(Cl)cc4)CC3)n2)cc1.Cc1cccc(C)c1-c1csc(N2CCN(S(=O)(=O)c3ccc(Cl)cc3)CC2)n1. The summed E-state index contributed by atoms with van der Waals surface area (Å²) in [6.07, 6.45) is 2.23. The lowest BCUT2D eigenvalue weighted by Gasteiger charge is -2.33.